The van der Waals surface area contributed by atoms with Gasteiger partial charge in [0.05, 0.1) is 6.07 Å². The van der Waals surface area contributed by atoms with E-state index in [0.717, 1.165) is 13.1 Å². The maximum Gasteiger partial charge on any atom is 0.127 e. The Morgan fingerprint density at radius 1 is 1.43 bits per heavy atom. The monoisotopic (exact) mass is 285 g/mol. The van der Waals surface area contributed by atoms with Gasteiger partial charge in [-0.3, -0.25) is 5.32 Å². The highest BCUT2D eigenvalue weighted by atomic mass is 15.2. The predicted molar refractivity (Wildman–Crippen MR) is 88.4 cm³/mol. The molecule has 1 fully saturated rings. The number of aryl methyl sites for hydroxylation is 1. The van der Waals surface area contributed by atoms with Crippen molar-refractivity contribution in [2.45, 2.75) is 52.1 Å². The highest BCUT2D eigenvalue weighted by Gasteiger charge is 2.47. The molecule has 0 heterocycles. The lowest BCUT2D eigenvalue weighted by molar-refractivity contribution is 0.336. The van der Waals surface area contributed by atoms with Crippen molar-refractivity contribution in [2.24, 2.45) is 5.92 Å². The second kappa shape index (κ2) is 6.49. The first-order chi connectivity index (χ1) is 10.0. The number of hydrogen-bond acceptors (Lipinski definition) is 3. The lowest BCUT2D eigenvalue weighted by atomic mass is 9.92. The number of benzene rings is 1. The Hall–Kier alpha value is -1.53. The largest absolute Gasteiger partial charge is 0.369 e. The predicted octanol–water partition coefficient (Wildman–Crippen LogP) is 3.49. The van der Waals surface area contributed by atoms with Crippen LogP contribution in [-0.2, 0) is 0 Å². The van der Waals surface area contributed by atoms with Gasteiger partial charge in [-0.25, -0.2) is 0 Å². The van der Waals surface area contributed by atoms with Crippen LogP contribution in [0, 0.1) is 24.2 Å². The lowest BCUT2D eigenvalue weighted by Gasteiger charge is -2.36. The molecule has 2 rings (SSSR count). The van der Waals surface area contributed by atoms with E-state index in [1.807, 2.05) is 0 Å². The molecular weight excluding hydrogens is 258 g/mol. The van der Waals surface area contributed by atoms with Crippen LogP contribution in [-0.4, -0.2) is 24.7 Å². The molecule has 1 N–H and O–H groups in total. The molecule has 0 saturated heterocycles. The second-order valence-corrected chi connectivity index (χ2v) is 6.51. The Morgan fingerprint density at radius 2 is 2.14 bits per heavy atom. The van der Waals surface area contributed by atoms with Crippen molar-refractivity contribution < 1.29 is 0 Å². The summed E-state index contributed by atoms with van der Waals surface area (Å²) in [6.07, 6.45) is 2.33. The molecule has 0 amide bonds. The van der Waals surface area contributed by atoms with Gasteiger partial charge in [0.1, 0.15) is 5.54 Å². The molecule has 3 heteroatoms. The van der Waals surface area contributed by atoms with Crippen molar-refractivity contribution in [3.8, 4) is 6.07 Å². The van der Waals surface area contributed by atoms with E-state index in [0.29, 0.717) is 12.0 Å². The van der Waals surface area contributed by atoms with E-state index in [4.69, 9.17) is 0 Å². The van der Waals surface area contributed by atoms with Crippen molar-refractivity contribution in [1.29, 1.82) is 5.26 Å². The van der Waals surface area contributed by atoms with Crippen LogP contribution in [0.3, 0.4) is 0 Å². The van der Waals surface area contributed by atoms with Gasteiger partial charge in [0.2, 0.25) is 0 Å². The minimum Gasteiger partial charge on any atom is -0.369 e. The molecule has 0 aliphatic heterocycles. The van der Waals surface area contributed by atoms with Gasteiger partial charge >= 0.3 is 0 Å². The first-order valence-electron chi connectivity index (χ1n) is 8.01. The third-order valence-electron chi connectivity index (χ3n) is 4.21. The molecule has 1 unspecified atom stereocenters. The highest BCUT2D eigenvalue weighted by Crippen LogP contribution is 2.40. The van der Waals surface area contributed by atoms with E-state index >= 15 is 0 Å². The summed E-state index contributed by atoms with van der Waals surface area (Å²) in [5.74, 6) is 0.490. The van der Waals surface area contributed by atoms with Crippen LogP contribution in [0.4, 0.5) is 5.69 Å². The van der Waals surface area contributed by atoms with E-state index in [9.17, 15) is 5.26 Å². The normalized spacial score (nSPS) is 17.3. The molecule has 21 heavy (non-hydrogen) atoms. The maximum absolute atomic E-state index is 9.84. The average molecular weight is 285 g/mol. The second-order valence-electron chi connectivity index (χ2n) is 6.51. The van der Waals surface area contributed by atoms with Gasteiger partial charge in [0.15, 0.2) is 0 Å². The first kappa shape index (κ1) is 15.9. The van der Waals surface area contributed by atoms with Gasteiger partial charge in [0.25, 0.3) is 0 Å². The van der Waals surface area contributed by atoms with Crippen LogP contribution in [0.5, 0.6) is 0 Å². The zero-order valence-electron chi connectivity index (χ0n) is 13.7. The van der Waals surface area contributed by atoms with Gasteiger partial charge in [-0.05, 0) is 64.2 Å². The number of hydrogen-bond donors (Lipinski definition) is 1. The van der Waals surface area contributed by atoms with E-state index in [2.05, 4.69) is 68.2 Å². The number of nitrogens with one attached hydrogen (secondary N) is 1. The summed E-state index contributed by atoms with van der Waals surface area (Å²) in [5.41, 5.74) is 2.05. The van der Waals surface area contributed by atoms with Crippen LogP contribution in [0.25, 0.3) is 0 Å². The van der Waals surface area contributed by atoms with Crippen LogP contribution in [0.15, 0.2) is 24.3 Å². The van der Waals surface area contributed by atoms with E-state index in [1.54, 1.807) is 0 Å². The van der Waals surface area contributed by atoms with E-state index in [1.165, 1.54) is 24.1 Å². The smallest absolute Gasteiger partial charge is 0.127 e. The van der Waals surface area contributed by atoms with Crippen molar-refractivity contribution >= 4 is 5.69 Å². The fraction of sp³-hybridized carbons (Fsp3) is 0.611. The Bertz CT molecular complexity index is 513. The van der Waals surface area contributed by atoms with Crippen LogP contribution in [0.2, 0.25) is 0 Å². The van der Waals surface area contributed by atoms with Crippen LogP contribution in [0.1, 0.15) is 39.2 Å². The number of rotatable bonds is 7. The number of nitrogens with zero attached hydrogens (tertiary/aromatic N) is 2. The van der Waals surface area contributed by atoms with Gasteiger partial charge in [-0.1, -0.05) is 12.1 Å². The molecule has 1 aliphatic carbocycles. The molecule has 1 aliphatic rings. The Labute approximate surface area is 129 Å². The molecule has 0 bridgehead atoms. The minimum absolute atomic E-state index is 0.321. The molecule has 1 aromatic rings. The molecule has 1 atom stereocenters. The molecule has 0 aromatic heterocycles. The Balaban J connectivity index is 2.23. The molecule has 1 saturated carbocycles. The third-order valence-corrected chi connectivity index (χ3v) is 4.21. The van der Waals surface area contributed by atoms with Crippen LogP contribution < -0.4 is 10.2 Å². The van der Waals surface area contributed by atoms with E-state index < -0.39 is 5.54 Å². The molecule has 114 valence electrons. The third kappa shape index (κ3) is 3.77. The Kier molecular flexibility index (Phi) is 4.90. The van der Waals surface area contributed by atoms with Crippen molar-refractivity contribution in [3.63, 3.8) is 0 Å². The zero-order chi connectivity index (χ0) is 15.5. The molecule has 1 aromatic carbocycles. The quantitative estimate of drug-likeness (QED) is 0.833. The summed E-state index contributed by atoms with van der Waals surface area (Å²) in [7, 11) is 0. The lowest BCUT2D eigenvalue weighted by Crippen LogP contribution is -2.56. The molecular formula is C18H27N3. The zero-order valence-corrected chi connectivity index (χ0v) is 13.7. The fourth-order valence-electron chi connectivity index (χ4n) is 3.05. The molecule has 0 radical (unpaired) electrons. The summed E-state index contributed by atoms with van der Waals surface area (Å²) >= 11 is 0. The summed E-state index contributed by atoms with van der Waals surface area (Å²) in [6.45, 7) is 10.2. The maximum atomic E-state index is 9.84. The minimum atomic E-state index is -0.423. The fourth-order valence-corrected chi connectivity index (χ4v) is 3.05. The van der Waals surface area contributed by atoms with Crippen molar-refractivity contribution in [3.05, 3.63) is 29.8 Å². The SMILES string of the molecule is CCN(CC(C#N)(NC(C)C)C1CC1)c1cccc(C)c1. The highest BCUT2D eigenvalue weighted by molar-refractivity contribution is 5.49. The molecule has 3 nitrogen and oxygen atoms in total. The number of likely N-dealkylation sites (N-methyl/N-ethyl adjacent to an activating group) is 1. The van der Waals surface area contributed by atoms with E-state index in [-0.39, 0.29) is 0 Å². The summed E-state index contributed by atoms with van der Waals surface area (Å²) in [4.78, 5) is 2.32. The topological polar surface area (TPSA) is 39.1 Å². The first-order valence-corrected chi connectivity index (χ1v) is 8.01. The number of anilines is 1. The standard InChI is InChI=1S/C18H27N3/c1-5-21(17-8-6-7-15(4)11-17)13-18(12-19,16-9-10-16)20-14(2)3/h6-8,11,14,16,20H,5,9-10,13H2,1-4H3. The van der Waals surface area contributed by atoms with Crippen molar-refractivity contribution in [1.82, 2.24) is 5.32 Å². The van der Waals surface area contributed by atoms with Gasteiger partial charge < -0.3 is 4.90 Å². The summed E-state index contributed by atoms with van der Waals surface area (Å²) in [5, 5.41) is 13.4. The average Bonchev–Trinajstić information content (AvgIpc) is 3.28. The van der Waals surface area contributed by atoms with Gasteiger partial charge in [-0.2, -0.15) is 5.26 Å². The Morgan fingerprint density at radius 3 is 2.62 bits per heavy atom. The van der Waals surface area contributed by atoms with Gasteiger partial charge in [-0.15, -0.1) is 0 Å². The molecule has 0 spiro atoms. The number of nitriles is 1. The van der Waals surface area contributed by atoms with Crippen LogP contribution >= 0.6 is 0 Å². The van der Waals surface area contributed by atoms with Gasteiger partial charge in [0, 0.05) is 24.8 Å². The summed E-state index contributed by atoms with van der Waals surface area (Å²) in [6, 6.07) is 11.5. The summed E-state index contributed by atoms with van der Waals surface area (Å²) < 4.78 is 0. The van der Waals surface area contributed by atoms with Crippen molar-refractivity contribution in [2.75, 3.05) is 18.0 Å².